The summed E-state index contributed by atoms with van der Waals surface area (Å²) < 4.78 is 11.2. The van der Waals surface area contributed by atoms with Crippen molar-refractivity contribution in [2.24, 2.45) is 5.92 Å². The number of rotatable bonds is 8. The minimum Gasteiger partial charge on any atom is -0.497 e. The molecular formula is C18H22N2O5S. The highest BCUT2D eigenvalue weighted by Crippen LogP contribution is 2.29. The van der Waals surface area contributed by atoms with Gasteiger partial charge in [-0.15, -0.1) is 11.3 Å². The van der Waals surface area contributed by atoms with Crippen molar-refractivity contribution in [3.8, 4) is 5.75 Å². The largest absolute Gasteiger partial charge is 0.497 e. The third-order valence-corrected chi connectivity index (χ3v) is 5.57. The Morgan fingerprint density at radius 2 is 2.12 bits per heavy atom. The molecule has 26 heavy (non-hydrogen) atoms. The highest BCUT2D eigenvalue weighted by molar-refractivity contribution is 7.20. The van der Waals surface area contributed by atoms with Crippen LogP contribution in [-0.4, -0.2) is 66.7 Å². The number of ether oxygens (including phenoxy) is 2. The molecule has 0 spiro atoms. The molecule has 1 saturated heterocycles. The molecule has 8 heteroatoms. The van der Waals surface area contributed by atoms with Gasteiger partial charge in [-0.1, -0.05) is 0 Å². The normalized spacial score (nSPS) is 16.0. The van der Waals surface area contributed by atoms with E-state index in [0.29, 0.717) is 18.2 Å². The number of fused-ring (bicyclic) bond motifs is 1. The summed E-state index contributed by atoms with van der Waals surface area (Å²) in [7, 11) is 1.62. The highest BCUT2D eigenvalue weighted by atomic mass is 32.1. The Balaban J connectivity index is 1.52. The molecule has 1 aromatic heterocycles. The quantitative estimate of drug-likeness (QED) is 0.557. The van der Waals surface area contributed by atoms with E-state index in [4.69, 9.17) is 14.6 Å². The lowest BCUT2D eigenvalue weighted by molar-refractivity contribution is -0.142. The third-order valence-electron chi connectivity index (χ3n) is 4.54. The Hall–Kier alpha value is -2.03. The van der Waals surface area contributed by atoms with Crippen LogP contribution in [0.15, 0.2) is 18.2 Å². The predicted molar refractivity (Wildman–Crippen MR) is 98.1 cm³/mol. The van der Waals surface area contributed by atoms with Gasteiger partial charge in [0, 0.05) is 12.5 Å². The first-order chi connectivity index (χ1) is 12.6. The number of methoxy groups -OCH3 is 1. The van der Waals surface area contributed by atoms with Crippen molar-refractivity contribution in [2.75, 3.05) is 40.0 Å². The minimum absolute atomic E-state index is 0.00588. The molecular weight excluding hydrogens is 356 g/mol. The van der Waals surface area contributed by atoms with Crippen molar-refractivity contribution in [1.82, 2.24) is 9.88 Å². The summed E-state index contributed by atoms with van der Waals surface area (Å²) in [5, 5.41) is 9.11. The van der Waals surface area contributed by atoms with Crippen molar-refractivity contribution >= 4 is 33.3 Å². The standard InChI is InChI=1S/C18H22N2O5S/c1-24-13-2-3-14-15(10-13)26-18(19-14)17(23)12-4-6-20(7-5-12)8-9-25-11-16(21)22/h2-3,10,12H,4-9,11H2,1H3,(H,21,22). The number of hydrogen-bond acceptors (Lipinski definition) is 7. The van der Waals surface area contributed by atoms with Gasteiger partial charge in [0.1, 0.15) is 12.4 Å². The summed E-state index contributed by atoms with van der Waals surface area (Å²) in [6.45, 7) is 2.44. The van der Waals surface area contributed by atoms with Gasteiger partial charge < -0.3 is 19.5 Å². The number of Topliss-reactive ketones (excluding diaryl/α,β-unsaturated/α-hetero) is 1. The number of carbonyl (C=O) groups excluding carboxylic acids is 1. The molecule has 0 unspecified atom stereocenters. The topological polar surface area (TPSA) is 89.0 Å². The van der Waals surface area contributed by atoms with Gasteiger partial charge in [0.25, 0.3) is 0 Å². The molecule has 2 aromatic rings. The van der Waals surface area contributed by atoms with Crippen molar-refractivity contribution in [3.05, 3.63) is 23.2 Å². The smallest absolute Gasteiger partial charge is 0.329 e. The number of piperidine rings is 1. The van der Waals surface area contributed by atoms with Gasteiger partial charge in [0.05, 0.1) is 23.9 Å². The Kier molecular flexibility index (Phi) is 6.18. The second-order valence-corrected chi connectivity index (χ2v) is 7.31. The second-order valence-electron chi connectivity index (χ2n) is 6.28. The van der Waals surface area contributed by atoms with Gasteiger partial charge in [-0.3, -0.25) is 4.79 Å². The summed E-state index contributed by atoms with van der Waals surface area (Å²) in [6.07, 6.45) is 1.58. The lowest BCUT2D eigenvalue weighted by Crippen LogP contribution is -2.38. The Morgan fingerprint density at radius 1 is 1.35 bits per heavy atom. The number of aliphatic carboxylic acids is 1. The Morgan fingerprint density at radius 3 is 2.81 bits per heavy atom. The van der Waals surface area contributed by atoms with Gasteiger partial charge in [0.15, 0.2) is 10.8 Å². The molecule has 0 radical (unpaired) electrons. The molecule has 0 aliphatic carbocycles. The summed E-state index contributed by atoms with van der Waals surface area (Å²) in [4.78, 5) is 29.9. The summed E-state index contributed by atoms with van der Waals surface area (Å²) in [5.74, 6) is -0.0816. The van der Waals surface area contributed by atoms with Crippen molar-refractivity contribution in [3.63, 3.8) is 0 Å². The first kappa shape index (κ1) is 18.8. The zero-order chi connectivity index (χ0) is 18.5. The van der Waals surface area contributed by atoms with Crippen LogP contribution in [0.5, 0.6) is 5.75 Å². The summed E-state index contributed by atoms with van der Waals surface area (Å²) >= 11 is 1.42. The predicted octanol–water partition coefficient (Wildman–Crippen LogP) is 2.30. The molecule has 3 rings (SSSR count). The van der Waals surface area contributed by atoms with E-state index in [9.17, 15) is 9.59 Å². The first-order valence-electron chi connectivity index (χ1n) is 8.57. The van der Waals surface area contributed by atoms with Gasteiger partial charge in [0.2, 0.25) is 0 Å². The number of benzene rings is 1. The van der Waals surface area contributed by atoms with Crippen molar-refractivity contribution in [1.29, 1.82) is 0 Å². The van der Waals surface area contributed by atoms with Crippen LogP contribution in [0.2, 0.25) is 0 Å². The first-order valence-corrected chi connectivity index (χ1v) is 9.39. The maximum Gasteiger partial charge on any atom is 0.329 e. The van der Waals surface area contributed by atoms with E-state index in [1.54, 1.807) is 7.11 Å². The molecule has 0 amide bonds. The molecule has 1 N–H and O–H groups in total. The van der Waals surface area contributed by atoms with E-state index in [2.05, 4.69) is 9.88 Å². The van der Waals surface area contributed by atoms with Crippen LogP contribution in [0.25, 0.3) is 10.2 Å². The van der Waals surface area contributed by atoms with E-state index in [0.717, 1.165) is 41.9 Å². The number of carboxylic acids is 1. The monoisotopic (exact) mass is 378 g/mol. The number of carbonyl (C=O) groups is 2. The van der Waals surface area contributed by atoms with E-state index < -0.39 is 5.97 Å². The van der Waals surface area contributed by atoms with Crippen molar-refractivity contribution in [2.45, 2.75) is 12.8 Å². The number of nitrogens with zero attached hydrogens (tertiary/aromatic N) is 2. The molecule has 1 fully saturated rings. The Labute approximate surface area is 155 Å². The van der Waals surface area contributed by atoms with Crippen LogP contribution in [0.3, 0.4) is 0 Å². The number of thiazole rings is 1. The van der Waals surface area contributed by atoms with E-state index in [1.165, 1.54) is 11.3 Å². The molecule has 2 heterocycles. The Bertz CT molecular complexity index is 783. The zero-order valence-electron chi connectivity index (χ0n) is 14.6. The molecule has 0 bridgehead atoms. The molecule has 1 aliphatic rings. The van der Waals surface area contributed by atoms with E-state index in [-0.39, 0.29) is 18.3 Å². The fourth-order valence-corrected chi connectivity index (χ4v) is 4.10. The molecule has 0 atom stereocenters. The second kappa shape index (κ2) is 8.57. The number of hydrogen-bond donors (Lipinski definition) is 1. The average molecular weight is 378 g/mol. The molecule has 0 saturated carbocycles. The summed E-state index contributed by atoms with van der Waals surface area (Å²) in [5.41, 5.74) is 0.826. The molecule has 7 nitrogen and oxygen atoms in total. The van der Waals surface area contributed by atoms with Gasteiger partial charge in [-0.2, -0.15) is 0 Å². The number of carboxylic acid groups (broad SMARTS) is 1. The maximum absolute atomic E-state index is 12.8. The maximum atomic E-state index is 12.8. The zero-order valence-corrected chi connectivity index (χ0v) is 15.5. The number of ketones is 1. The van der Waals surface area contributed by atoms with E-state index in [1.807, 2.05) is 18.2 Å². The van der Waals surface area contributed by atoms with Crippen LogP contribution in [0.1, 0.15) is 22.6 Å². The van der Waals surface area contributed by atoms with Crippen LogP contribution in [0, 0.1) is 5.92 Å². The fourth-order valence-electron chi connectivity index (χ4n) is 3.08. The minimum atomic E-state index is -0.956. The lowest BCUT2D eigenvalue weighted by Gasteiger charge is -2.30. The molecule has 140 valence electrons. The lowest BCUT2D eigenvalue weighted by atomic mass is 9.93. The molecule has 1 aromatic carbocycles. The van der Waals surface area contributed by atoms with Crippen LogP contribution >= 0.6 is 11.3 Å². The number of likely N-dealkylation sites (tertiary alicyclic amines) is 1. The van der Waals surface area contributed by atoms with Crippen LogP contribution in [0.4, 0.5) is 0 Å². The summed E-state index contributed by atoms with van der Waals surface area (Å²) in [6, 6.07) is 5.63. The van der Waals surface area contributed by atoms with Gasteiger partial charge >= 0.3 is 5.97 Å². The number of aromatic nitrogens is 1. The van der Waals surface area contributed by atoms with Gasteiger partial charge in [-0.05, 0) is 44.1 Å². The molecule has 1 aliphatic heterocycles. The highest BCUT2D eigenvalue weighted by Gasteiger charge is 2.27. The average Bonchev–Trinajstić information content (AvgIpc) is 3.08. The van der Waals surface area contributed by atoms with Crippen LogP contribution in [-0.2, 0) is 9.53 Å². The fraction of sp³-hybridized carbons (Fsp3) is 0.500. The van der Waals surface area contributed by atoms with Crippen molar-refractivity contribution < 1.29 is 24.2 Å². The third kappa shape index (κ3) is 4.57. The van der Waals surface area contributed by atoms with Gasteiger partial charge in [-0.25, -0.2) is 9.78 Å². The van der Waals surface area contributed by atoms with E-state index >= 15 is 0 Å². The van der Waals surface area contributed by atoms with Crippen LogP contribution < -0.4 is 4.74 Å². The SMILES string of the molecule is COc1ccc2nc(C(=O)C3CCN(CCOCC(=O)O)CC3)sc2c1.